The minimum absolute atomic E-state index is 0.0856. The lowest BCUT2D eigenvalue weighted by molar-refractivity contribution is -0.188. The fourth-order valence-corrected chi connectivity index (χ4v) is 2.81. The average Bonchev–Trinajstić information content (AvgIpc) is 2.58. The summed E-state index contributed by atoms with van der Waals surface area (Å²) in [6.45, 7) is 0.135. The van der Waals surface area contributed by atoms with Crippen molar-refractivity contribution in [2.75, 3.05) is 20.2 Å². The van der Waals surface area contributed by atoms with Gasteiger partial charge >= 0.3 is 12.1 Å². The number of methoxy groups -OCH3 is 1. The second-order valence-electron chi connectivity index (χ2n) is 5.91. The van der Waals surface area contributed by atoms with Gasteiger partial charge in [0.15, 0.2) is 0 Å². The van der Waals surface area contributed by atoms with Crippen molar-refractivity contribution >= 4 is 11.9 Å². The minimum atomic E-state index is -4.25. The molecule has 1 saturated heterocycles. The van der Waals surface area contributed by atoms with Crippen molar-refractivity contribution in [1.82, 2.24) is 4.90 Å². The molecule has 0 N–H and O–H groups in total. The van der Waals surface area contributed by atoms with Gasteiger partial charge in [-0.1, -0.05) is 12.1 Å². The van der Waals surface area contributed by atoms with Crippen LogP contribution in [0.2, 0.25) is 0 Å². The number of amides is 1. The molecular weight excluding hydrogens is 323 g/mol. The Kier molecular flexibility index (Phi) is 5.85. The Labute approximate surface area is 138 Å². The lowest BCUT2D eigenvalue weighted by Crippen LogP contribution is -2.44. The number of nitrogens with zero attached hydrogens (tertiary/aromatic N) is 1. The number of esters is 1. The Bertz CT molecular complexity index is 584. The molecule has 0 bridgehead atoms. The molecule has 1 aliphatic heterocycles. The minimum Gasteiger partial charge on any atom is -0.465 e. The lowest BCUT2D eigenvalue weighted by atomic mass is 9.97. The second-order valence-corrected chi connectivity index (χ2v) is 5.91. The van der Waals surface area contributed by atoms with Gasteiger partial charge in [0.05, 0.1) is 18.6 Å². The van der Waals surface area contributed by atoms with E-state index in [4.69, 9.17) is 0 Å². The van der Waals surface area contributed by atoms with Gasteiger partial charge in [-0.05, 0) is 37.0 Å². The van der Waals surface area contributed by atoms with Crippen LogP contribution in [0.1, 0.15) is 35.2 Å². The molecule has 0 aromatic heterocycles. The number of piperidine rings is 1. The molecule has 4 nitrogen and oxygen atoms in total. The number of alkyl halides is 3. The Morgan fingerprint density at radius 3 is 2.50 bits per heavy atom. The first-order valence-corrected chi connectivity index (χ1v) is 7.83. The van der Waals surface area contributed by atoms with Gasteiger partial charge in [-0.25, -0.2) is 4.79 Å². The van der Waals surface area contributed by atoms with E-state index in [1.807, 2.05) is 0 Å². The van der Waals surface area contributed by atoms with E-state index in [-0.39, 0.29) is 25.3 Å². The molecule has 1 aliphatic rings. The third-order valence-electron chi connectivity index (χ3n) is 4.24. The number of carbonyl (C=O) groups is 2. The Balaban J connectivity index is 1.87. The van der Waals surface area contributed by atoms with Crippen LogP contribution in [-0.4, -0.2) is 43.2 Å². The Hall–Kier alpha value is -2.05. The summed E-state index contributed by atoms with van der Waals surface area (Å²) in [5, 5.41) is 0. The predicted octanol–water partition coefficient (Wildman–Crippen LogP) is 3.21. The number of aryl methyl sites for hydroxylation is 1. The molecule has 2 rings (SSSR count). The van der Waals surface area contributed by atoms with Crippen molar-refractivity contribution in [2.24, 2.45) is 5.92 Å². The van der Waals surface area contributed by atoms with E-state index in [1.54, 1.807) is 24.3 Å². The first-order valence-electron chi connectivity index (χ1n) is 7.83. The zero-order valence-electron chi connectivity index (χ0n) is 13.4. The smallest absolute Gasteiger partial charge is 0.393 e. The molecule has 1 aromatic rings. The summed E-state index contributed by atoms with van der Waals surface area (Å²) in [5.41, 5.74) is 1.26. The van der Waals surface area contributed by atoms with E-state index in [0.29, 0.717) is 24.9 Å². The Morgan fingerprint density at radius 1 is 1.25 bits per heavy atom. The molecule has 132 valence electrons. The third-order valence-corrected chi connectivity index (χ3v) is 4.24. The van der Waals surface area contributed by atoms with Crippen LogP contribution in [0, 0.1) is 5.92 Å². The summed E-state index contributed by atoms with van der Waals surface area (Å²) in [6, 6.07) is 6.64. The molecule has 24 heavy (non-hydrogen) atoms. The highest BCUT2D eigenvalue weighted by molar-refractivity contribution is 5.89. The first kappa shape index (κ1) is 18.3. The molecule has 1 amide bonds. The fourth-order valence-electron chi connectivity index (χ4n) is 2.81. The lowest BCUT2D eigenvalue weighted by Gasteiger charge is -2.33. The zero-order valence-corrected chi connectivity index (χ0v) is 13.4. The molecule has 1 aromatic carbocycles. The molecule has 7 heteroatoms. The number of ether oxygens (including phenoxy) is 1. The van der Waals surface area contributed by atoms with Gasteiger partial charge in [-0.15, -0.1) is 0 Å². The van der Waals surface area contributed by atoms with Gasteiger partial charge in [0, 0.05) is 19.5 Å². The summed E-state index contributed by atoms with van der Waals surface area (Å²) in [4.78, 5) is 24.8. The van der Waals surface area contributed by atoms with Crippen molar-refractivity contribution < 1.29 is 27.5 Å². The maximum absolute atomic E-state index is 12.8. The summed E-state index contributed by atoms with van der Waals surface area (Å²) >= 11 is 0. The highest BCUT2D eigenvalue weighted by Crippen LogP contribution is 2.33. The fraction of sp³-hybridized carbons (Fsp3) is 0.529. The van der Waals surface area contributed by atoms with Crippen LogP contribution in [0.4, 0.5) is 13.2 Å². The first-order chi connectivity index (χ1) is 11.3. The molecule has 0 aliphatic carbocycles. The molecule has 0 saturated carbocycles. The summed E-state index contributed by atoms with van der Waals surface area (Å²) in [6.07, 6.45) is -3.20. The average molecular weight is 343 g/mol. The van der Waals surface area contributed by atoms with Crippen LogP contribution >= 0.6 is 0 Å². The summed E-state index contributed by atoms with van der Waals surface area (Å²) in [5.74, 6) is -2.13. The van der Waals surface area contributed by atoms with Crippen molar-refractivity contribution in [1.29, 1.82) is 0 Å². The zero-order chi connectivity index (χ0) is 17.7. The molecule has 1 atom stereocenters. The number of rotatable bonds is 4. The van der Waals surface area contributed by atoms with Gasteiger partial charge in [0.25, 0.3) is 0 Å². The van der Waals surface area contributed by atoms with Crippen LogP contribution in [0.15, 0.2) is 24.3 Å². The van der Waals surface area contributed by atoms with Crippen molar-refractivity contribution in [3.05, 3.63) is 35.4 Å². The molecule has 0 unspecified atom stereocenters. The maximum Gasteiger partial charge on any atom is 0.393 e. The Morgan fingerprint density at radius 2 is 1.92 bits per heavy atom. The van der Waals surface area contributed by atoms with Crippen LogP contribution < -0.4 is 0 Å². The highest BCUT2D eigenvalue weighted by Gasteiger charge is 2.42. The standard InChI is InChI=1S/C17H20F3NO3/c1-24-16(23)13-7-4-12(5-8-13)6-9-15(22)21-10-2-3-14(11-21)17(18,19)20/h4-5,7-8,14H,2-3,6,9-11H2,1H3/t14-/m1/s1. The number of hydrogen-bond donors (Lipinski definition) is 0. The van der Waals surface area contributed by atoms with Crippen LogP contribution in [0.25, 0.3) is 0 Å². The number of carbonyl (C=O) groups excluding carboxylic acids is 2. The van der Waals surface area contributed by atoms with Crippen LogP contribution in [-0.2, 0) is 16.0 Å². The molecular formula is C17H20F3NO3. The quantitative estimate of drug-likeness (QED) is 0.789. The number of halogens is 3. The maximum atomic E-state index is 12.8. The highest BCUT2D eigenvalue weighted by atomic mass is 19.4. The van der Waals surface area contributed by atoms with Crippen molar-refractivity contribution in [3.8, 4) is 0 Å². The summed E-state index contributed by atoms with van der Waals surface area (Å²) < 4.78 is 43.0. The number of likely N-dealkylation sites (tertiary alicyclic amines) is 1. The monoisotopic (exact) mass is 343 g/mol. The molecule has 0 spiro atoms. The van der Waals surface area contributed by atoms with Gasteiger partial charge < -0.3 is 9.64 Å². The van der Waals surface area contributed by atoms with Gasteiger partial charge in [-0.2, -0.15) is 13.2 Å². The van der Waals surface area contributed by atoms with Crippen molar-refractivity contribution in [3.63, 3.8) is 0 Å². The summed E-state index contributed by atoms with van der Waals surface area (Å²) in [7, 11) is 1.29. The van der Waals surface area contributed by atoms with Gasteiger partial charge in [0.1, 0.15) is 0 Å². The topological polar surface area (TPSA) is 46.6 Å². The van der Waals surface area contributed by atoms with Crippen LogP contribution in [0.5, 0.6) is 0 Å². The molecule has 1 fully saturated rings. The third kappa shape index (κ3) is 4.72. The van der Waals surface area contributed by atoms with E-state index in [2.05, 4.69) is 4.74 Å². The van der Waals surface area contributed by atoms with Crippen molar-refractivity contribution in [2.45, 2.75) is 31.9 Å². The van der Waals surface area contributed by atoms with E-state index >= 15 is 0 Å². The predicted molar refractivity (Wildman–Crippen MR) is 81.5 cm³/mol. The largest absolute Gasteiger partial charge is 0.465 e. The second kappa shape index (κ2) is 7.68. The van der Waals surface area contributed by atoms with Crippen LogP contribution in [0.3, 0.4) is 0 Å². The van der Waals surface area contributed by atoms with E-state index in [9.17, 15) is 22.8 Å². The number of benzene rings is 1. The van der Waals surface area contributed by atoms with Gasteiger partial charge in [-0.3, -0.25) is 4.79 Å². The van der Waals surface area contributed by atoms with E-state index in [1.165, 1.54) is 12.0 Å². The SMILES string of the molecule is COC(=O)c1ccc(CCC(=O)N2CCC[C@@H](C(F)(F)F)C2)cc1. The van der Waals surface area contributed by atoms with E-state index in [0.717, 1.165) is 5.56 Å². The van der Waals surface area contributed by atoms with Gasteiger partial charge in [0.2, 0.25) is 5.91 Å². The van der Waals surface area contributed by atoms with E-state index < -0.39 is 18.1 Å². The molecule has 0 radical (unpaired) electrons. The molecule has 1 heterocycles. The number of hydrogen-bond acceptors (Lipinski definition) is 3. The normalized spacial score (nSPS) is 18.3.